The number of nitrogens with two attached hydrogens (primary N) is 1. The maximum atomic E-state index is 13.3. The number of hydrogen-bond donors (Lipinski definition) is 1. The van der Waals surface area contributed by atoms with Crippen molar-refractivity contribution in [3.05, 3.63) is 42.0 Å². The molecule has 1 heterocycles. The Labute approximate surface area is 96.3 Å². The van der Waals surface area contributed by atoms with Gasteiger partial charge < -0.3 is 10.5 Å². The smallest absolute Gasteiger partial charge is 0.238 e. The number of nitrogens with zero attached hydrogens (tertiary/aromatic N) is 3. The van der Waals surface area contributed by atoms with Crippen LogP contribution in [0.4, 0.5) is 10.2 Å². The fourth-order valence-corrected chi connectivity index (χ4v) is 1.19. The normalized spacial score (nSPS) is 9.65. The minimum atomic E-state index is -0.645. The van der Waals surface area contributed by atoms with E-state index in [2.05, 4.69) is 9.97 Å². The molecule has 2 rings (SSSR count). The molecule has 1 aromatic heterocycles. The van der Waals surface area contributed by atoms with Crippen molar-refractivity contribution >= 4 is 5.82 Å². The lowest BCUT2D eigenvalue weighted by molar-refractivity contribution is 0.453. The predicted octanol–water partition coefficient (Wildman–Crippen LogP) is 1.86. The van der Waals surface area contributed by atoms with Crippen molar-refractivity contribution in [1.82, 2.24) is 9.97 Å². The monoisotopic (exact) mass is 230 g/mol. The van der Waals surface area contributed by atoms with Crippen LogP contribution in [-0.4, -0.2) is 9.97 Å². The summed E-state index contributed by atoms with van der Waals surface area (Å²) in [5.41, 5.74) is 5.18. The van der Waals surface area contributed by atoms with Crippen LogP contribution >= 0.6 is 0 Å². The van der Waals surface area contributed by atoms with Crippen molar-refractivity contribution in [3.8, 4) is 17.7 Å². The minimum Gasteiger partial charge on any atom is -0.436 e. The van der Waals surface area contributed by atoms with Crippen LogP contribution in [0.3, 0.4) is 0 Å². The molecule has 0 unspecified atom stereocenters. The molecule has 5 nitrogen and oxygen atoms in total. The SMILES string of the molecule is N#Cc1c(F)cccc1Oc1cnc(N)cn1. The van der Waals surface area contributed by atoms with Gasteiger partial charge in [-0.25, -0.2) is 14.4 Å². The fraction of sp³-hybridized carbons (Fsp3) is 0. The molecule has 0 spiro atoms. The molecule has 0 amide bonds. The topological polar surface area (TPSA) is 84.8 Å². The third kappa shape index (κ3) is 2.29. The van der Waals surface area contributed by atoms with Gasteiger partial charge in [0.1, 0.15) is 29.0 Å². The maximum absolute atomic E-state index is 13.3. The first-order valence-corrected chi connectivity index (χ1v) is 4.64. The summed E-state index contributed by atoms with van der Waals surface area (Å²) in [5, 5.41) is 8.80. The first-order valence-electron chi connectivity index (χ1n) is 4.64. The molecule has 0 fully saturated rings. The van der Waals surface area contributed by atoms with E-state index in [0.717, 1.165) is 0 Å². The standard InChI is InChI=1S/C11H7FN4O/c12-8-2-1-3-9(7(8)4-13)17-11-6-15-10(14)5-16-11/h1-3,5-6H,(H2,14,15). The van der Waals surface area contributed by atoms with Gasteiger partial charge in [0, 0.05) is 0 Å². The van der Waals surface area contributed by atoms with E-state index in [4.69, 9.17) is 15.7 Å². The quantitative estimate of drug-likeness (QED) is 0.851. The number of rotatable bonds is 2. The highest BCUT2D eigenvalue weighted by molar-refractivity contribution is 5.45. The highest BCUT2D eigenvalue weighted by atomic mass is 19.1. The van der Waals surface area contributed by atoms with Crippen LogP contribution in [-0.2, 0) is 0 Å². The molecule has 6 heteroatoms. The van der Waals surface area contributed by atoms with Gasteiger partial charge in [0.25, 0.3) is 0 Å². The third-order valence-corrected chi connectivity index (χ3v) is 1.95. The van der Waals surface area contributed by atoms with E-state index in [1.165, 1.54) is 30.6 Å². The molecule has 0 radical (unpaired) electrons. The zero-order valence-corrected chi connectivity index (χ0v) is 8.59. The van der Waals surface area contributed by atoms with Gasteiger partial charge in [-0.1, -0.05) is 6.07 Å². The van der Waals surface area contributed by atoms with Crippen LogP contribution in [0.1, 0.15) is 5.56 Å². The molecule has 0 atom stereocenters. The largest absolute Gasteiger partial charge is 0.436 e. The van der Waals surface area contributed by atoms with Gasteiger partial charge in [-0.2, -0.15) is 5.26 Å². The van der Waals surface area contributed by atoms with Crippen molar-refractivity contribution in [1.29, 1.82) is 5.26 Å². The van der Waals surface area contributed by atoms with Gasteiger partial charge in [-0.15, -0.1) is 0 Å². The van der Waals surface area contributed by atoms with Crippen LogP contribution in [0.25, 0.3) is 0 Å². The summed E-state index contributed by atoms with van der Waals surface area (Å²) in [7, 11) is 0. The Hall–Kier alpha value is -2.68. The van der Waals surface area contributed by atoms with Gasteiger partial charge in [-0.05, 0) is 12.1 Å². The second-order valence-electron chi connectivity index (χ2n) is 3.11. The maximum Gasteiger partial charge on any atom is 0.238 e. The Morgan fingerprint density at radius 1 is 1.29 bits per heavy atom. The molecule has 0 aliphatic heterocycles. The highest BCUT2D eigenvalue weighted by Crippen LogP contribution is 2.24. The van der Waals surface area contributed by atoms with Crippen LogP contribution < -0.4 is 10.5 Å². The van der Waals surface area contributed by atoms with E-state index in [0.29, 0.717) is 0 Å². The van der Waals surface area contributed by atoms with Gasteiger partial charge in [0.2, 0.25) is 5.88 Å². The number of aromatic nitrogens is 2. The Kier molecular flexibility index (Phi) is 2.83. The second-order valence-corrected chi connectivity index (χ2v) is 3.11. The van der Waals surface area contributed by atoms with Crippen molar-refractivity contribution in [2.24, 2.45) is 0 Å². The third-order valence-electron chi connectivity index (χ3n) is 1.95. The van der Waals surface area contributed by atoms with E-state index >= 15 is 0 Å². The molecular formula is C11H7FN4O. The van der Waals surface area contributed by atoms with Gasteiger partial charge in [0.15, 0.2) is 0 Å². The summed E-state index contributed by atoms with van der Waals surface area (Å²) >= 11 is 0. The molecule has 84 valence electrons. The molecule has 0 bridgehead atoms. The first kappa shape index (κ1) is 10.8. The predicted molar refractivity (Wildman–Crippen MR) is 57.6 cm³/mol. The van der Waals surface area contributed by atoms with Crippen LogP contribution in [0.2, 0.25) is 0 Å². The fourth-order valence-electron chi connectivity index (χ4n) is 1.19. The van der Waals surface area contributed by atoms with E-state index in [-0.39, 0.29) is 23.0 Å². The molecule has 1 aromatic carbocycles. The number of ether oxygens (including phenoxy) is 1. The number of benzene rings is 1. The number of hydrogen-bond acceptors (Lipinski definition) is 5. The molecule has 2 N–H and O–H groups in total. The van der Waals surface area contributed by atoms with Crippen LogP contribution in [0.5, 0.6) is 11.6 Å². The minimum absolute atomic E-state index is 0.0894. The Morgan fingerprint density at radius 3 is 2.76 bits per heavy atom. The molecule has 0 saturated heterocycles. The van der Waals surface area contributed by atoms with Gasteiger partial charge in [-0.3, -0.25) is 0 Å². The Morgan fingerprint density at radius 2 is 2.12 bits per heavy atom. The summed E-state index contributed by atoms with van der Waals surface area (Å²) < 4.78 is 18.5. The zero-order chi connectivity index (χ0) is 12.3. The highest BCUT2D eigenvalue weighted by Gasteiger charge is 2.10. The Bertz CT molecular complexity index is 577. The van der Waals surface area contributed by atoms with E-state index < -0.39 is 5.82 Å². The lowest BCUT2D eigenvalue weighted by Gasteiger charge is -2.06. The van der Waals surface area contributed by atoms with Crippen molar-refractivity contribution in [3.63, 3.8) is 0 Å². The molecule has 0 aliphatic rings. The summed E-state index contributed by atoms with van der Waals surface area (Å²) in [5.74, 6) is -0.168. The summed E-state index contributed by atoms with van der Waals surface area (Å²) in [4.78, 5) is 7.60. The molecule has 0 aliphatic carbocycles. The molecule has 2 aromatic rings. The zero-order valence-electron chi connectivity index (χ0n) is 8.59. The molecule has 0 saturated carbocycles. The van der Waals surface area contributed by atoms with E-state index in [1.807, 2.05) is 0 Å². The number of halogens is 1. The summed E-state index contributed by atoms with van der Waals surface area (Å²) in [6.07, 6.45) is 2.60. The first-order chi connectivity index (χ1) is 8.20. The molecular weight excluding hydrogens is 223 g/mol. The average Bonchev–Trinajstić information content (AvgIpc) is 2.32. The number of nitriles is 1. The average molecular weight is 230 g/mol. The van der Waals surface area contributed by atoms with Gasteiger partial charge in [0.05, 0.1) is 12.4 Å². The van der Waals surface area contributed by atoms with E-state index in [1.54, 1.807) is 6.07 Å². The van der Waals surface area contributed by atoms with E-state index in [9.17, 15) is 4.39 Å². The van der Waals surface area contributed by atoms with Crippen LogP contribution in [0.15, 0.2) is 30.6 Å². The van der Waals surface area contributed by atoms with Crippen molar-refractivity contribution in [2.45, 2.75) is 0 Å². The molecule has 17 heavy (non-hydrogen) atoms. The lowest BCUT2D eigenvalue weighted by Crippen LogP contribution is -1.96. The Balaban J connectivity index is 2.34. The lowest BCUT2D eigenvalue weighted by atomic mass is 10.2. The number of nitrogen functional groups attached to an aromatic ring is 1. The summed E-state index contributed by atoms with van der Waals surface area (Å²) in [6.45, 7) is 0. The van der Waals surface area contributed by atoms with Crippen molar-refractivity contribution < 1.29 is 9.13 Å². The summed E-state index contributed by atoms with van der Waals surface area (Å²) in [6, 6.07) is 5.82. The van der Waals surface area contributed by atoms with Gasteiger partial charge >= 0.3 is 0 Å². The van der Waals surface area contributed by atoms with Crippen LogP contribution in [0, 0.1) is 17.1 Å². The number of anilines is 1. The van der Waals surface area contributed by atoms with Crippen molar-refractivity contribution in [2.75, 3.05) is 5.73 Å². The second kappa shape index (κ2) is 4.45.